The molecular weight excluding hydrogens is 278 g/mol. The number of thioether (sulfide) groups is 1. The van der Waals surface area contributed by atoms with Crippen LogP contribution in [0.1, 0.15) is 24.2 Å². The van der Waals surface area contributed by atoms with Crippen LogP contribution in [-0.2, 0) is 11.3 Å². The summed E-state index contributed by atoms with van der Waals surface area (Å²) in [5.74, 6) is 0.589. The van der Waals surface area contributed by atoms with Gasteiger partial charge in [0.15, 0.2) is 5.16 Å². The molecule has 2 aliphatic rings. The molecule has 1 saturated heterocycles. The second-order valence-electron chi connectivity index (χ2n) is 5.58. The van der Waals surface area contributed by atoms with E-state index < -0.39 is 5.54 Å². The van der Waals surface area contributed by atoms with E-state index in [4.69, 9.17) is 4.74 Å². The molecule has 1 fully saturated rings. The highest BCUT2D eigenvalue weighted by atomic mass is 32.2. The minimum absolute atomic E-state index is 0.159. The number of nitrogens with zero attached hydrogens (tertiary/aromatic N) is 3. The van der Waals surface area contributed by atoms with E-state index in [1.54, 1.807) is 21.2 Å². The number of hydrogen-bond donors (Lipinski definition) is 0. The van der Waals surface area contributed by atoms with Crippen molar-refractivity contribution in [3.63, 3.8) is 0 Å². The Morgan fingerprint density at radius 2 is 2.25 bits per heavy atom. The molecule has 0 unspecified atom stereocenters. The number of morpholine rings is 1. The first-order valence-electron chi connectivity index (χ1n) is 6.63. The van der Waals surface area contributed by atoms with Gasteiger partial charge in [-0.05, 0) is 13.8 Å². The molecule has 3 rings (SSSR count). The molecule has 0 radical (unpaired) electrons. The van der Waals surface area contributed by atoms with Gasteiger partial charge in [-0.1, -0.05) is 11.8 Å². The maximum atomic E-state index is 12.6. The number of fused-ring (bicyclic) bond motifs is 1. The molecule has 0 spiro atoms. The van der Waals surface area contributed by atoms with Crippen LogP contribution in [0.4, 0.5) is 0 Å². The Morgan fingerprint density at radius 1 is 1.45 bits per heavy atom. The Kier molecular flexibility index (Phi) is 3.33. The van der Waals surface area contributed by atoms with E-state index in [9.17, 15) is 9.59 Å². The van der Waals surface area contributed by atoms with Gasteiger partial charge < -0.3 is 9.64 Å². The molecule has 3 heterocycles. The van der Waals surface area contributed by atoms with Crippen molar-refractivity contribution in [2.45, 2.75) is 31.1 Å². The predicted molar refractivity (Wildman–Crippen MR) is 75.2 cm³/mol. The average Bonchev–Trinajstić information content (AvgIpc) is 2.87. The van der Waals surface area contributed by atoms with Crippen LogP contribution in [0.25, 0.3) is 0 Å². The van der Waals surface area contributed by atoms with Crippen LogP contribution in [0, 0.1) is 0 Å². The van der Waals surface area contributed by atoms with Crippen molar-refractivity contribution < 1.29 is 9.53 Å². The van der Waals surface area contributed by atoms with Crippen molar-refractivity contribution in [2.24, 2.45) is 0 Å². The van der Waals surface area contributed by atoms with Gasteiger partial charge >= 0.3 is 0 Å². The van der Waals surface area contributed by atoms with Gasteiger partial charge in [0.1, 0.15) is 5.56 Å². The monoisotopic (exact) mass is 295 g/mol. The molecule has 1 aromatic heterocycles. The van der Waals surface area contributed by atoms with Gasteiger partial charge in [-0.2, -0.15) is 0 Å². The van der Waals surface area contributed by atoms with Crippen LogP contribution in [0.2, 0.25) is 0 Å². The minimum Gasteiger partial charge on any atom is -0.377 e. The van der Waals surface area contributed by atoms with Crippen LogP contribution < -0.4 is 5.56 Å². The Morgan fingerprint density at radius 3 is 3.00 bits per heavy atom. The van der Waals surface area contributed by atoms with Crippen LogP contribution in [0.5, 0.6) is 0 Å². The first-order valence-corrected chi connectivity index (χ1v) is 7.61. The van der Waals surface area contributed by atoms with Gasteiger partial charge in [-0.15, -0.1) is 0 Å². The van der Waals surface area contributed by atoms with Crippen molar-refractivity contribution in [2.75, 3.05) is 25.5 Å². The van der Waals surface area contributed by atoms with Gasteiger partial charge in [-0.3, -0.25) is 14.2 Å². The van der Waals surface area contributed by atoms with Gasteiger partial charge in [-0.25, -0.2) is 4.98 Å². The third-order valence-corrected chi connectivity index (χ3v) is 4.65. The number of rotatable bonds is 1. The molecule has 0 aromatic carbocycles. The average molecular weight is 295 g/mol. The number of carbonyl (C=O) groups excluding carboxylic acids is 1. The predicted octanol–water partition coefficient (Wildman–Crippen LogP) is 0.600. The van der Waals surface area contributed by atoms with Gasteiger partial charge in [0.05, 0.1) is 18.8 Å². The fraction of sp³-hybridized carbons (Fsp3) is 0.615. The molecule has 108 valence electrons. The summed E-state index contributed by atoms with van der Waals surface area (Å²) in [4.78, 5) is 31.0. The summed E-state index contributed by atoms with van der Waals surface area (Å²) in [6, 6.07) is 0. The Labute approximate surface area is 121 Å². The molecule has 0 bridgehead atoms. The molecule has 0 saturated carbocycles. The first-order chi connectivity index (χ1) is 9.50. The summed E-state index contributed by atoms with van der Waals surface area (Å²) in [5.41, 5.74) is -0.473. The molecule has 1 amide bonds. The van der Waals surface area contributed by atoms with E-state index in [2.05, 4.69) is 4.98 Å². The third kappa shape index (κ3) is 2.14. The lowest BCUT2D eigenvalue weighted by Gasteiger charge is -2.41. The highest BCUT2D eigenvalue weighted by Crippen LogP contribution is 2.23. The molecular formula is C13H17N3O3S. The lowest BCUT2D eigenvalue weighted by atomic mass is 10.0. The summed E-state index contributed by atoms with van der Waals surface area (Å²) in [7, 11) is 0. The highest BCUT2D eigenvalue weighted by molar-refractivity contribution is 7.99. The van der Waals surface area contributed by atoms with Crippen molar-refractivity contribution in [3.05, 3.63) is 22.1 Å². The number of carbonyl (C=O) groups is 1. The molecule has 7 heteroatoms. The summed E-state index contributed by atoms with van der Waals surface area (Å²) >= 11 is 1.54. The van der Waals surface area contributed by atoms with E-state index >= 15 is 0 Å². The molecule has 1 aromatic rings. The highest BCUT2D eigenvalue weighted by Gasteiger charge is 2.36. The van der Waals surface area contributed by atoms with Crippen LogP contribution in [-0.4, -0.2) is 51.4 Å². The van der Waals surface area contributed by atoms with E-state index in [1.807, 2.05) is 13.8 Å². The van der Waals surface area contributed by atoms with Crippen molar-refractivity contribution in [1.29, 1.82) is 0 Å². The standard InChI is InChI=1S/C13H17N3O3S/c1-13(2)8-19-5-3-16(13)11(18)9-7-14-12-15(10(9)17)4-6-20-12/h7H,3-6,8H2,1-2H3. The Hall–Kier alpha value is -1.34. The van der Waals surface area contributed by atoms with Gasteiger partial charge in [0.25, 0.3) is 11.5 Å². The second kappa shape index (κ2) is 4.89. The summed E-state index contributed by atoms with van der Waals surface area (Å²) in [5, 5.41) is 0.702. The van der Waals surface area contributed by atoms with E-state index in [0.29, 0.717) is 31.5 Å². The zero-order chi connectivity index (χ0) is 14.3. The van der Waals surface area contributed by atoms with Crippen LogP contribution in [0.15, 0.2) is 16.1 Å². The summed E-state index contributed by atoms with van der Waals surface area (Å²) in [6.45, 7) is 6.00. The fourth-order valence-corrected chi connectivity index (χ4v) is 3.46. The topological polar surface area (TPSA) is 64.4 Å². The van der Waals surface area contributed by atoms with E-state index in [1.165, 1.54) is 6.20 Å². The van der Waals surface area contributed by atoms with Crippen molar-refractivity contribution in [3.8, 4) is 0 Å². The molecule has 2 aliphatic heterocycles. The minimum atomic E-state index is -0.403. The fourth-order valence-electron chi connectivity index (χ4n) is 2.54. The van der Waals surface area contributed by atoms with E-state index in [0.717, 1.165) is 5.75 Å². The molecule has 20 heavy (non-hydrogen) atoms. The Balaban J connectivity index is 1.97. The lowest BCUT2D eigenvalue weighted by molar-refractivity contribution is -0.0372. The second-order valence-corrected chi connectivity index (χ2v) is 6.64. The van der Waals surface area contributed by atoms with Crippen molar-refractivity contribution in [1.82, 2.24) is 14.5 Å². The zero-order valence-electron chi connectivity index (χ0n) is 11.6. The third-order valence-electron chi connectivity index (χ3n) is 3.68. The van der Waals surface area contributed by atoms with Crippen LogP contribution >= 0.6 is 11.8 Å². The number of aromatic nitrogens is 2. The molecule has 0 N–H and O–H groups in total. The maximum absolute atomic E-state index is 12.6. The Bertz CT molecular complexity index is 611. The molecule has 0 atom stereocenters. The van der Waals surface area contributed by atoms with Crippen LogP contribution in [0.3, 0.4) is 0 Å². The number of ether oxygens (including phenoxy) is 1. The normalized spacial score (nSPS) is 20.8. The van der Waals surface area contributed by atoms with E-state index in [-0.39, 0.29) is 17.0 Å². The first kappa shape index (κ1) is 13.6. The lowest BCUT2D eigenvalue weighted by Crippen LogP contribution is -2.56. The number of amides is 1. The van der Waals surface area contributed by atoms with Gasteiger partial charge in [0.2, 0.25) is 0 Å². The smallest absolute Gasteiger partial charge is 0.267 e. The quantitative estimate of drug-likeness (QED) is 0.710. The largest absolute Gasteiger partial charge is 0.377 e. The van der Waals surface area contributed by atoms with Gasteiger partial charge in [0, 0.05) is 25.0 Å². The number of hydrogen-bond acceptors (Lipinski definition) is 5. The zero-order valence-corrected chi connectivity index (χ0v) is 12.4. The maximum Gasteiger partial charge on any atom is 0.267 e. The summed E-state index contributed by atoms with van der Waals surface area (Å²) < 4.78 is 7.00. The summed E-state index contributed by atoms with van der Waals surface area (Å²) in [6.07, 6.45) is 1.42. The molecule has 0 aliphatic carbocycles. The molecule has 6 nitrogen and oxygen atoms in total. The SMILES string of the molecule is CC1(C)COCCN1C(=O)c1cnc2n(c1=O)CCS2. The van der Waals surface area contributed by atoms with Crippen molar-refractivity contribution >= 4 is 17.7 Å².